The molecule has 2 aliphatic rings. The smallest absolute Gasteiger partial charge is 0.411 e. The van der Waals surface area contributed by atoms with Crippen LogP contribution in [0.25, 0.3) is 0 Å². The summed E-state index contributed by atoms with van der Waals surface area (Å²) in [6.07, 6.45) is 7.66. The Hall–Kier alpha value is -2.30. The van der Waals surface area contributed by atoms with Gasteiger partial charge in [0, 0.05) is 17.7 Å². The molecule has 1 aliphatic heterocycles. The minimum absolute atomic E-state index is 0.0388. The third-order valence-corrected chi connectivity index (χ3v) is 4.05. The molecule has 3 rings (SSSR count). The number of nitrogens with zero attached hydrogens (tertiary/aromatic N) is 1. The maximum Gasteiger partial charge on any atom is 0.411 e. The van der Waals surface area contributed by atoms with Crippen molar-refractivity contribution in [3.8, 4) is 0 Å². The summed E-state index contributed by atoms with van der Waals surface area (Å²) in [6.45, 7) is 1.86. The third-order valence-electron chi connectivity index (χ3n) is 4.05. The number of likely N-dealkylation sites (tertiary alicyclic amines) is 1. The third kappa shape index (κ3) is 1.86. The molecular formula is C15H15NO4. The van der Waals surface area contributed by atoms with Gasteiger partial charge in [-0.2, -0.15) is 0 Å². The summed E-state index contributed by atoms with van der Waals surface area (Å²) < 4.78 is 5.11. The molecule has 0 bridgehead atoms. The number of carbonyl (C=O) groups is 2. The summed E-state index contributed by atoms with van der Waals surface area (Å²) in [5.74, 6) is -0.528. The second kappa shape index (κ2) is 4.67. The van der Waals surface area contributed by atoms with Gasteiger partial charge in [0.25, 0.3) is 0 Å². The fourth-order valence-electron chi connectivity index (χ4n) is 3.21. The van der Waals surface area contributed by atoms with Crippen LogP contribution in [0.4, 0.5) is 4.79 Å². The van der Waals surface area contributed by atoms with Crippen LogP contribution in [0.1, 0.15) is 24.8 Å². The van der Waals surface area contributed by atoms with E-state index in [1.54, 1.807) is 24.7 Å². The molecule has 1 fully saturated rings. The predicted octanol–water partition coefficient (Wildman–Crippen LogP) is 2.77. The van der Waals surface area contributed by atoms with E-state index in [0.29, 0.717) is 12.1 Å². The van der Waals surface area contributed by atoms with Crippen LogP contribution < -0.4 is 0 Å². The summed E-state index contributed by atoms with van der Waals surface area (Å²) in [7, 11) is 0. The molecule has 5 nitrogen and oxygen atoms in total. The Kier molecular flexibility index (Phi) is 2.97. The van der Waals surface area contributed by atoms with Crippen molar-refractivity contribution in [1.29, 1.82) is 0 Å². The van der Waals surface area contributed by atoms with Gasteiger partial charge in [-0.25, -0.2) is 4.79 Å². The molecule has 1 aromatic heterocycles. The number of rotatable bonds is 1. The van der Waals surface area contributed by atoms with Gasteiger partial charge in [0.2, 0.25) is 0 Å². The number of carboxylic acid groups (broad SMARTS) is 1. The van der Waals surface area contributed by atoms with Crippen LogP contribution in [0.5, 0.6) is 0 Å². The van der Waals surface area contributed by atoms with Crippen molar-refractivity contribution >= 4 is 11.9 Å². The first-order valence-corrected chi connectivity index (χ1v) is 6.56. The van der Waals surface area contributed by atoms with Gasteiger partial charge in [-0.3, -0.25) is 9.69 Å². The molecule has 5 heteroatoms. The molecule has 1 amide bonds. The molecule has 3 unspecified atom stereocenters. The van der Waals surface area contributed by atoms with E-state index in [9.17, 15) is 14.7 Å². The molecule has 20 heavy (non-hydrogen) atoms. The summed E-state index contributed by atoms with van der Waals surface area (Å²) in [6, 6.07) is 1.67. The first-order chi connectivity index (χ1) is 9.59. The van der Waals surface area contributed by atoms with Crippen molar-refractivity contribution in [3.63, 3.8) is 0 Å². The van der Waals surface area contributed by atoms with Crippen molar-refractivity contribution in [2.24, 2.45) is 5.92 Å². The first-order valence-electron chi connectivity index (χ1n) is 6.56. The summed E-state index contributed by atoms with van der Waals surface area (Å²) in [5.41, 5.74) is 1.51. The number of amides is 1. The van der Waals surface area contributed by atoms with Gasteiger partial charge in [-0.1, -0.05) is 6.08 Å². The lowest BCUT2D eigenvalue weighted by Crippen LogP contribution is -2.48. The van der Waals surface area contributed by atoms with E-state index in [1.807, 2.05) is 13.0 Å². The number of furan rings is 1. The topological polar surface area (TPSA) is 70.8 Å². The van der Waals surface area contributed by atoms with Crippen LogP contribution in [-0.4, -0.2) is 27.9 Å². The Morgan fingerprint density at radius 2 is 2.30 bits per heavy atom. The molecule has 1 N–H and O–H groups in total. The predicted molar refractivity (Wildman–Crippen MR) is 71.1 cm³/mol. The van der Waals surface area contributed by atoms with Crippen LogP contribution in [0.2, 0.25) is 0 Å². The lowest BCUT2D eigenvalue weighted by Gasteiger charge is -2.43. The Balaban J connectivity index is 2.06. The average molecular weight is 273 g/mol. The molecule has 1 saturated heterocycles. The highest BCUT2D eigenvalue weighted by Crippen LogP contribution is 2.43. The van der Waals surface area contributed by atoms with E-state index in [0.717, 1.165) is 5.56 Å². The highest BCUT2D eigenvalue weighted by Gasteiger charge is 2.44. The lowest BCUT2D eigenvalue weighted by atomic mass is 9.73. The number of piperidine rings is 1. The summed E-state index contributed by atoms with van der Waals surface area (Å²) in [4.78, 5) is 25.0. The van der Waals surface area contributed by atoms with E-state index in [2.05, 4.69) is 0 Å². The molecule has 0 radical (unpaired) electrons. The Morgan fingerprint density at radius 1 is 1.50 bits per heavy atom. The minimum Gasteiger partial charge on any atom is -0.472 e. The van der Waals surface area contributed by atoms with Gasteiger partial charge in [-0.05, 0) is 37.1 Å². The Morgan fingerprint density at radius 3 is 2.95 bits per heavy atom. The minimum atomic E-state index is -1.01. The van der Waals surface area contributed by atoms with Crippen molar-refractivity contribution in [2.75, 3.05) is 0 Å². The second-order valence-corrected chi connectivity index (χ2v) is 5.23. The van der Waals surface area contributed by atoms with Crippen molar-refractivity contribution < 1.29 is 19.1 Å². The lowest BCUT2D eigenvalue weighted by molar-refractivity contribution is -0.119. The van der Waals surface area contributed by atoms with Crippen LogP contribution in [0.3, 0.4) is 0 Å². The highest BCUT2D eigenvalue weighted by molar-refractivity contribution is 5.97. The number of allylic oxidation sites excluding steroid dienone is 4. The highest BCUT2D eigenvalue weighted by atomic mass is 16.4. The molecule has 0 saturated carbocycles. The monoisotopic (exact) mass is 273 g/mol. The number of fused-ring (bicyclic) bond motifs is 1. The molecule has 3 atom stereocenters. The van der Waals surface area contributed by atoms with Crippen LogP contribution in [-0.2, 0) is 4.79 Å². The zero-order valence-electron chi connectivity index (χ0n) is 11.0. The maximum atomic E-state index is 12.2. The van der Waals surface area contributed by atoms with Crippen LogP contribution in [0, 0.1) is 5.92 Å². The normalized spacial score (nSPS) is 29.1. The SMILES string of the molecule is CC1CC(c2ccoc2)C2C(=O)C=CC=C2N1C(=O)O. The molecule has 1 aromatic rings. The van der Waals surface area contributed by atoms with E-state index < -0.39 is 12.0 Å². The number of hydrogen-bond acceptors (Lipinski definition) is 3. The standard InChI is InChI=1S/C15H15NO4/c1-9-7-11(10-5-6-20-8-10)14-12(16(9)15(18)19)3-2-4-13(14)17/h2-6,8-9,11,14H,7H2,1H3,(H,18,19). The molecular weight excluding hydrogens is 258 g/mol. The molecule has 0 spiro atoms. The quantitative estimate of drug-likeness (QED) is 0.854. The van der Waals surface area contributed by atoms with Gasteiger partial charge < -0.3 is 9.52 Å². The fraction of sp³-hybridized carbons (Fsp3) is 0.333. The van der Waals surface area contributed by atoms with Gasteiger partial charge in [0.05, 0.1) is 18.4 Å². The number of hydrogen-bond donors (Lipinski definition) is 1. The van der Waals surface area contributed by atoms with Gasteiger partial charge in [0.1, 0.15) is 0 Å². The van der Waals surface area contributed by atoms with E-state index in [-0.39, 0.29) is 17.7 Å². The molecule has 2 heterocycles. The maximum absolute atomic E-state index is 12.2. The summed E-state index contributed by atoms with van der Waals surface area (Å²) in [5, 5.41) is 9.38. The van der Waals surface area contributed by atoms with E-state index in [1.165, 1.54) is 11.0 Å². The van der Waals surface area contributed by atoms with Crippen molar-refractivity contribution in [1.82, 2.24) is 4.90 Å². The molecule has 1 aliphatic carbocycles. The fourth-order valence-corrected chi connectivity index (χ4v) is 3.21. The van der Waals surface area contributed by atoms with Crippen LogP contribution >= 0.6 is 0 Å². The Labute approximate surface area is 116 Å². The Bertz CT molecular complexity index is 599. The zero-order chi connectivity index (χ0) is 14.3. The van der Waals surface area contributed by atoms with Gasteiger partial charge >= 0.3 is 6.09 Å². The van der Waals surface area contributed by atoms with Crippen molar-refractivity contribution in [3.05, 3.63) is 48.1 Å². The van der Waals surface area contributed by atoms with Crippen LogP contribution in [0.15, 0.2) is 46.9 Å². The molecule has 104 valence electrons. The average Bonchev–Trinajstić information content (AvgIpc) is 2.90. The van der Waals surface area contributed by atoms with Gasteiger partial charge in [0.15, 0.2) is 5.78 Å². The number of ketones is 1. The zero-order valence-corrected chi connectivity index (χ0v) is 11.0. The first kappa shape index (κ1) is 12.7. The van der Waals surface area contributed by atoms with Crippen molar-refractivity contribution in [2.45, 2.75) is 25.3 Å². The van der Waals surface area contributed by atoms with Gasteiger partial charge in [-0.15, -0.1) is 0 Å². The molecule has 0 aromatic carbocycles. The van der Waals surface area contributed by atoms with E-state index >= 15 is 0 Å². The summed E-state index contributed by atoms with van der Waals surface area (Å²) >= 11 is 0. The second-order valence-electron chi connectivity index (χ2n) is 5.23. The largest absolute Gasteiger partial charge is 0.472 e. The number of carbonyl (C=O) groups excluding carboxylic acids is 1. The van der Waals surface area contributed by atoms with E-state index in [4.69, 9.17) is 4.42 Å².